The van der Waals surface area contributed by atoms with Crippen molar-refractivity contribution in [1.82, 2.24) is 29.9 Å². The highest BCUT2D eigenvalue weighted by atomic mass is 35.5. The maximum atomic E-state index is 13.9. The third-order valence-corrected chi connectivity index (χ3v) is 8.10. The van der Waals surface area contributed by atoms with Gasteiger partial charge in [0.2, 0.25) is 5.88 Å². The van der Waals surface area contributed by atoms with Crippen LogP contribution in [0.5, 0.6) is 5.88 Å². The number of halogens is 1. The van der Waals surface area contributed by atoms with Gasteiger partial charge in [-0.3, -0.25) is 9.59 Å². The van der Waals surface area contributed by atoms with Gasteiger partial charge in [-0.15, -0.1) is 5.10 Å². The Labute approximate surface area is 298 Å². The zero-order chi connectivity index (χ0) is 36.3. The lowest BCUT2D eigenvalue weighted by molar-refractivity contribution is 0.0703. The molecule has 0 unspecified atom stereocenters. The second-order valence-electron chi connectivity index (χ2n) is 13.1. The molecule has 0 aliphatic heterocycles. The minimum Gasteiger partial charge on any atom is -0.480 e. The van der Waals surface area contributed by atoms with Gasteiger partial charge in [-0.25, -0.2) is 14.5 Å². The van der Waals surface area contributed by atoms with Gasteiger partial charge >= 0.3 is 6.09 Å². The van der Waals surface area contributed by atoms with Gasteiger partial charge in [0.25, 0.3) is 11.8 Å². The number of ether oxygens (including phenoxy) is 3. The molecule has 0 bridgehead atoms. The number of unbranched alkanes of at least 4 members (excludes halogenated alkanes) is 7. The minimum absolute atomic E-state index is 0.0567. The molecule has 13 nitrogen and oxygen atoms in total. The van der Waals surface area contributed by atoms with E-state index in [0.29, 0.717) is 17.6 Å². The number of methoxy groups -OCH3 is 1. The van der Waals surface area contributed by atoms with Crippen molar-refractivity contribution in [2.45, 2.75) is 91.5 Å². The molecule has 2 N–H and O–H groups in total. The molecule has 3 aromatic heterocycles. The largest absolute Gasteiger partial charge is 0.480 e. The Hall–Kier alpha value is -4.49. The molecule has 0 saturated carbocycles. The highest BCUT2D eigenvalue weighted by Crippen LogP contribution is 2.31. The van der Waals surface area contributed by atoms with Crippen LogP contribution in [0, 0.1) is 6.92 Å². The molecule has 0 saturated heterocycles. The number of nitrogens with zero attached hydrogens (tertiary/aromatic N) is 5. The average Bonchev–Trinajstić information content (AvgIpc) is 3.69. The summed E-state index contributed by atoms with van der Waals surface area (Å²) in [6.45, 7) is 10.4. The number of pyridine rings is 1. The van der Waals surface area contributed by atoms with Crippen molar-refractivity contribution in [3.8, 4) is 11.7 Å². The number of carbonyl (C=O) groups is 3. The number of benzene rings is 1. The number of aromatic nitrogens is 5. The van der Waals surface area contributed by atoms with Crippen molar-refractivity contribution >= 4 is 46.1 Å². The summed E-state index contributed by atoms with van der Waals surface area (Å²) in [5.41, 5.74) is 0.485. The Morgan fingerprint density at radius 2 is 1.66 bits per heavy atom. The van der Waals surface area contributed by atoms with Gasteiger partial charge < -0.3 is 24.8 Å². The van der Waals surface area contributed by atoms with E-state index in [0.717, 1.165) is 17.5 Å². The average molecular weight is 710 g/mol. The lowest BCUT2D eigenvalue weighted by Crippen LogP contribution is -2.41. The number of fused-ring (bicyclic) bond motifs is 1. The number of amides is 2. The summed E-state index contributed by atoms with van der Waals surface area (Å²) in [5, 5.41) is 15.3. The number of rotatable bonds is 17. The number of anilines is 1. The van der Waals surface area contributed by atoms with Crippen LogP contribution in [0.25, 0.3) is 16.7 Å². The molecule has 0 aliphatic carbocycles. The van der Waals surface area contributed by atoms with E-state index in [2.05, 4.69) is 32.7 Å². The first-order valence-electron chi connectivity index (χ1n) is 17.1. The molecule has 2 amide bonds. The fourth-order valence-corrected chi connectivity index (χ4v) is 5.58. The molecule has 270 valence electrons. The fraction of sp³-hybridized carbons (Fsp3) is 0.500. The van der Waals surface area contributed by atoms with Gasteiger partial charge in [0.1, 0.15) is 17.8 Å². The van der Waals surface area contributed by atoms with Crippen molar-refractivity contribution in [2.24, 2.45) is 0 Å². The number of hydrogen-bond donors (Lipinski definition) is 2. The lowest BCUT2D eigenvalue weighted by atomic mass is 10.0. The summed E-state index contributed by atoms with van der Waals surface area (Å²) < 4.78 is 18.7. The first-order valence-corrected chi connectivity index (χ1v) is 17.5. The van der Waals surface area contributed by atoms with Crippen LogP contribution < -0.4 is 15.4 Å². The molecule has 3 heterocycles. The Kier molecular flexibility index (Phi) is 13.8. The van der Waals surface area contributed by atoms with Crippen molar-refractivity contribution < 1.29 is 28.6 Å². The third-order valence-electron chi connectivity index (χ3n) is 7.80. The molecule has 50 heavy (non-hydrogen) atoms. The zero-order valence-corrected chi connectivity index (χ0v) is 30.6. The van der Waals surface area contributed by atoms with E-state index in [1.807, 2.05) is 20.8 Å². The van der Waals surface area contributed by atoms with Crippen LogP contribution in [-0.4, -0.2) is 74.9 Å². The van der Waals surface area contributed by atoms with Crippen LogP contribution in [0.1, 0.15) is 105 Å². The molecule has 4 aromatic rings. The minimum atomic E-state index is -0.717. The van der Waals surface area contributed by atoms with Crippen LogP contribution in [0.15, 0.2) is 36.7 Å². The number of carbonyl (C=O) groups excluding carboxylic acids is 3. The predicted molar refractivity (Wildman–Crippen MR) is 193 cm³/mol. The molecule has 0 aliphatic rings. The predicted octanol–water partition coefficient (Wildman–Crippen LogP) is 7.51. The van der Waals surface area contributed by atoms with E-state index in [-0.39, 0.29) is 52.4 Å². The second kappa shape index (κ2) is 18.0. The van der Waals surface area contributed by atoms with E-state index in [4.69, 9.17) is 25.8 Å². The maximum absolute atomic E-state index is 13.9. The number of aryl methyl sites for hydroxylation is 1. The summed E-state index contributed by atoms with van der Waals surface area (Å²) >= 11 is 6.38. The summed E-state index contributed by atoms with van der Waals surface area (Å²) in [6.07, 6.45) is 12.0. The van der Waals surface area contributed by atoms with E-state index in [1.54, 1.807) is 25.1 Å². The SMILES string of the molecule is CCCCCCCCCCOCCOC(=O)n1cc2cc(C)c(NC(=O)c3cc(OC)nn3-c3ncccc3Cl)c(C(=O)NC(C)(C)C)c2n1. The molecule has 1 aromatic carbocycles. The topological polar surface area (TPSA) is 151 Å². The van der Waals surface area contributed by atoms with E-state index in [9.17, 15) is 14.4 Å². The van der Waals surface area contributed by atoms with E-state index >= 15 is 0 Å². The Bertz CT molecular complexity index is 1780. The third kappa shape index (κ3) is 10.3. The molecule has 0 spiro atoms. The van der Waals surface area contributed by atoms with Gasteiger partial charge in [0.05, 0.1) is 30.0 Å². The molecule has 0 atom stereocenters. The zero-order valence-electron chi connectivity index (χ0n) is 29.8. The Morgan fingerprint density at radius 1 is 0.940 bits per heavy atom. The number of hydrogen-bond acceptors (Lipinski definition) is 9. The summed E-state index contributed by atoms with van der Waals surface area (Å²) in [6, 6.07) is 6.45. The summed E-state index contributed by atoms with van der Waals surface area (Å²) in [4.78, 5) is 44.9. The van der Waals surface area contributed by atoms with Gasteiger partial charge in [0, 0.05) is 36.0 Å². The van der Waals surface area contributed by atoms with Gasteiger partial charge in [-0.2, -0.15) is 9.78 Å². The van der Waals surface area contributed by atoms with E-state index in [1.165, 1.54) is 68.8 Å². The lowest BCUT2D eigenvalue weighted by Gasteiger charge is -2.22. The van der Waals surface area contributed by atoms with Gasteiger partial charge in [-0.05, 0) is 57.9 Å². The molecular formula is C36H48ClN7O6. The molecule has 0 fully saturated rings. The quantitative estimate of drug-likeness (QED) is 0.106. The normalized spacial score (nSPS) is 11.5. The van der Waals surface area contributed by atoms with Crippen molar-refractivity contribution in [3.05, 3.63) is 58.5 Å². The molecular weight excluding hydrogens is 662 g/mol. The standard InChI is InChI=1S/C36H48ClN7O6/c1-7-8-9-10-11-12-13-14-18-49-19-20-50-35(47)43-23-25-21-24(2)30(29(31(25)42-43)34(46)40-36(3,4)5)39-33(45)27-22-28(48-6)41-44(27)32-26(37)16-15-17-38-32/h15-17,21-23H,7-14,18-20H2,1-6H3,(H,39,45)(H,40,46). The highest BCUT2D eigenvalue weighted by Gasteiger charge is 2.28. The van der Waals surface area contributed by atoms with Crippen LogP contribution in [0.2, 0.25) is 5.02 Å². The van der Waals surface area contributed by atoms with Crippen molar-refractivity contribution in [3.63, 3.8) is 0 Å². The monoisotopic (exact) mass is 709 g/mol. The van der Waals surface area contributed by atoms with Crippen LogP contribution >= 0.6 is 11.6 Å². The highest BCUT2D eigenvalue weighted by molar-refractivity contribution is 6.32. The van der Waals surface area contributed by atoms with Crippen LogP contribution in [-0.2, 0) is 9.47 Å². The summed E-state index contributed by atoms with van der Waals surface area (Å²) in [7, 11) is 1.42. The fourth-order valence-electron chi connectivity index (χ4n) is 5.37. The molecule has 0 radical (unpaired) electrons. The molecule has 14 heteroatoms. The maximum Gasteiger partial charge on any atom is 0.434 e. The van der Waals surface area contributed by atoms with Crippen molar-refractivity contribution in [2.75, 3.05) is 32.2 Å². The first-order chi connectivity index (χ1) is 23.9. The smallest absolute Gasteiger partial charge is 0.434 e. The number of nitrogens with one attached hydrogen (secondary N) is 2. The molecule has 4 rings (SSSR count). The first kappa shape index (κ1) is 38.3. The van der Waals surface area contributed by atoms with Crippen LogP contribution in [0.3, 0.4) is 0 Å². The second-order valence-corrected chi connectivity index (χ2v) is 13.5. The Morgan fingerprint density at radius 3 is 2.34 bits per heavy atom. The van der Waals surface area contributed by atoms with Crippen molar-refractivity contribution in [1.29, 1.82) is 0 Å². The van der Waals surface area contributed by atoms with E-state index < -0.39 is 23.4 Å². The van der Waals surface area contributed by atoms with Crippen LogP contribution in [0.4, 0.5) is 10.5 Å². The summed E-state index contributed by atoms with van der Waals surface area (Å²) in [5.74, 6) is -0.726. The van der Waals surface area contributed by atoms with Gasteiger partial charge in [-0.1, -0.05) is 63.5 Å². The Balaban J connectivity index is 1.51. The van der Waals surface area contributed by atoms with Gasteiger partial charge in [0.15, 0.2) is 5.82 Å².